The van der Waals surface area contributed by atoms with E-state index in [1.54, 1.807) is 0 Å². The fourth-order valence-electron chi connectivity index (χ4n) is 2.04. The summed E-state index contributed by atoms with van der Waals surface area (Å²) in [5.41, 5.74) is 0. The summed E-state index contributed by atoms with van der Waals surface area (Å²) in [6, 6.07) is 1.66. The lowest BCUT2D eigenvalue weighted by Gasteiger charge is -2.25. The van der Waals surface area contributed by atoms with Crippen molar-refractivity contribution in [2.24, 2.45) is 5.92 Å². The lowest BCUT2D eigenvalue weighted by atomic mass is 9.85. The van der Waals surface area contributed by atoms with Crippen LogP contribution in [-0.2, 0) is 4.79 Å². The van der Waals surface area contributed by atoms with E-state index < -0.39 is 5.97 Å². The van der Waals surface area contributed by atoms with Gasteiger partial charge in [-0.3, -0.25) is 4.79 Å². The summed E-state index contributed by atoms with van der Waals surface area (Å²) in [4.78, 5) is 18.9. The van der Waals surface area contributed by atoms with E-state index in [0.717, 1.165) is 18.3 Å². The number of anilines is 2. The van der Waals surface area contributed by atoms with E-state index in [4.69, 9.17) is 5.11 Å². The second-order valence-corrected chi connectivity index (χ2v) is 5.11. The number of nitrogens with one attached hydrogen (secondary N) is 2. The SMILES string of the molecule is CC(CC(=O)O)Nc1cc(NCC2CCC2)ncn1. The predicted molar refractivity (Wildman–Crippen MR) is 73.2 cm³/mol. The first-order valence-electron chi connectivity index (χ1n) is 6.67. The largest absolute Gasteiger partial charge is 0.481 e. The third-order valence-corrected chi connectivity index (χ3v) is 3.34. The van der Waals surface area contributed by atoms with Crippen molar-refractivity contribution in [1.29, 1.82) is 0 Å². The summed E-state index contributed by atoms with van der Waals surface area (Å²) >= 11 is 0. The van der Waals surface area contributed by atoms with Gasteiger partial charge in [-0.2, -0.15) is 0 Å². The Labute approximate surface area is 112 Å². The van der Waals surface area contributed by atoms with Gasteiger partial charge < -0.3 is 15.7 Å². The maximum Gasteiger partial charge on any atom is 0.305 e. The average molecular weight is 264 g/mol. The minimum Gasteiger partial charge on any atom is -0.481 e. The molecule has 0 radical (unpaired) electrons. The topological polar surface area (TPSA) is 87.1 Å². The summed E-state index contributed by atoms with van der Waals surface area (Å²) in [5, 5.41) is 15.1. The molecule has 1 aromatic rings. The van der Waals surface area contributed by atoms with Gasteiger partial charge in [0.05, 0.1) is 6.42 Å². The zero-order chi connectivity index (χ0) is 13.7. The summed E-state index contributed by atoms with van der Waals surface area (Å²) in [5.74, 6) is 1.38. The molecule has 2 rings (SSSR count). The van der Waals surface area contributed by atoms with Crippen molar-refractivity contribution in [2.75, 3.05) is 17.2 Å². The van der Waals surface area contributed by atoms with Gasteiger partial charge in [0.1, 0.15) is 18.0 Å². The molecule has 1 heterocycles. The highest BCUT2D eigenvalue weighted by atomic mass is 16.4. The number of aromatic nitrogens is 2. The van der Waals surface area contributed by atoms with Gasteiger partial charge in [0.25, 0.3) is 0 Å². The number of carboxylic acids is 1. The Bertz CT molecular complexity index is 434. The smallest absolute Gasteiger partial charge is 0.305 e. The zero-order valence-electron chi connectivity index (χ0n) is 11.1. The van der Waals surface area contributed by atoms with Crippen molar-refractivity contribution in [3.63, 3.8) is 0 Å². The van der Waals surface area contributed by atoms with E-state index in [2.05, 4.69) is 20.6 Å². The number of hydrogen-bond acceptors (Lipinski definition) is 5. The van der Waals surface area contributed by atoms with Gasteiger partial charge in [-0.05, 0) is 25.7 Å². The first kappa shape index (κ1) is 13.6. The van der Waals surface area contributed by atoms with E-state index in [1.165, 1.54) is 25.6 Å². The lowest BCUT2D eigenvalue weighted by Crippen LogP contribution is -2.22. The van der Waals surface area contributed by atoms with Crippen LogP contribution in [0.1, 0.15) is 32.6 Å². The van der Waals surface area contributed by atoms with Crippen LogP contribution in [0.5, 0.6) is 0 Å². The Morgan fingerprint density at radius 1 is 1.47 bits per heavy atom. The van der Waals surface area contributed by atoms with Crippen molar-refractivity contribution in [3.8, 4) is 0 Å². The summed E-state index contributed by atoms with van der Waals surface area (Å²) in [6.07, 6.45) is 5.46. The molecule has 1 aliphatic rings. The van der Waals surface area contributed by atoms with Crippen LogP contribution in [0.25, 0.3) is 0 Å². The summed E-state index contributed by atoms with van der Waals surface area (Å²) < 4.78 is 0. The highest BCUT2D eigenvalue weighted by Crippen LogP contribution is 2.26. The first-order valence-corrected chi connectivity index (χ1v) is 6.67. The van der Waals surface area contributed by atoms with E-state index in [9.17, 15) is 4.79 Å². The second kappa shape index (κ2) is 6.36. The molecule has 19 heavy (non-hydrogen) atoms. The number of hydrogen-bond donors (Lipinski definition) is 3. The summed E-state index contributed by atoms with van der Waals surface area (Å²) in [7, 11) is 0. The van der Waals surface area contributed by atoms with Crippen molar-refractivity contribution < 1.29 is 9.90 Å². The quantitative estimate of drug-likeness (QED) is 0.698. The third-order valence-electron chi connectivity index (χ3n) is 3.34. The Balaban J connectivity index is 1.84. The van der Waals surface area contributed by atoms with E-state index in [1.807, 2.05) is 13.0 Å². The van der Waals surface area contributed by atoms with Crippen LogP contribution in [0.2, 0.25) is 0 Å². The number of rotatable bonds is 7. The second-order valence-electron chi connectivity index (χ2n) is 5.11. The maximum atomic E-state index is 10.6. The van der Waals surface area contributed by atoms with E-state index in [0.29, 0.717) is 5.82 Å². The average Bonchev–Trinajstić information content (AvgIpc) is 2.26. The van der Waals surface area contributed by atoms with Gasteiger partial charge in [-0.25, -0.2) is 9.97 Å². The Morgan fingerprint density at radius 2 is 2.21 bits per heavy atom. The van der Waals surface area contributed by atoms with E-state index in [-0.39, 0.29) is 12.5 Å². The van der Waals surface area contributed by atoms with E-state index >= 15 is 0 Å². The van der Waals surface area contributed by atoms with Gasteiger partial charge in [0.2, 0.25) is 0 Å². The molecule has 0 aliphatic heterocycles. The minimum absolute atomic E-state index is 0.0643. The molecule has 0 bridgehead atoms. The van der Waals surface area contributed by atoms with Crippen LogP contribution in [0, 0.1) is 5.92 Å². The van der Waals surface area contributed by atoms with Crippen molar-refractivity contribution >= 4 is 17.6 Å². The number of carboxylic acid groups (broad SMARTS) is 1. The van der Waals surface area contributed by atoms with Gasteiger partial charge in [-0.1, -0.05) is 6.42 Å². The minimum atomic E-state index is -0.822. The molecular weight excluding hydrogens is 244 g/mol. The van der Waals surface area contributed by atoms with Crippen LogP contribution in [0.4, 0.5) is 11.6 Å². The maximum absolute atomic E-state index is 10.6. The monoisotopic (exact) mass is 264 g/mol. The molecule has 1 fully saturated rings. The number of nitrogens with zero attached hydrogens (tertiary/aromatic N) is 2. The molecule has 1 aliphatic carbocycles. The molecule has 6 heteroatoms. The Kier molecular flexibility index (Phi) is 4.54. The van der Waals surface area contributed by atoms with Crippen molar-refractivity contribution in [1.82, 2.24) is 9.97 Å². The van der Waals surface area contributed by atoms with Gasteiger partial charge in [-0.15, -0.1) is 0 Å². The van der Waals surface area contributed by atoms with Crippen LogP contribution >= 0.6 is 0 Å². The molecule has 1 saturated carbocycles. The molecular formula is C13H20N4O2. The molecule has 104 valence electrons. The standard InChI is InChI=1S/C13H20N4O2/c1-9(5-13(18)19)17-12-6-11(15-8-16-12)14-7-10-3-2-4-10/h6,8-10H,2-5,7H2,1H3,(H,18,19)(H2,14,15,16,17). The number of aliphatic carboxylic acids is 1. The summed E-state index contributed by atoms with van der Waals surface area (Å²) in [6.45, 7) is 2.76. The van der Waals surface area contributed by atoms with Crippen LogP contribution in [0.3, 0.4) is 0 Å². The van der Waals surface area contributed by atoms with Crippen LogP contribution < -0.4 is 10.6 Å². The van der Waals surface area contributed by atoms with Gasteiger partial charge in [0, 0.05) is 18.7 Å². The van der Waals surface area contributed by atoms with Gasteiger partial charge >= 0.3 is 5.97 Å². The molecule has 0 aromatic carbocycles. The van der Waals surface area contributed by atoms with Crippen LogP contribution in [-0.4, -0.2) is 33.6 Å². The predicted octanol–water partition coefficient (Wildman–Crippen LogP) is 1.96. The number of carbonyl (C=O) groups is 1. The fourth-order valence-corrected chi connectivity index (χ4v) is 2.04. The fraction of sp³-hybridized carbons (Fsp3) is 0.615. The third kappa shape index (κ3) is 4.39. The highest BCUT2D eigenvalue weighted by Gasteiger charge is 2.17. The normalized spacial score (nSPS) is 16.5. The van der Waals surface area contributed by atoms with Crippen molar-refractivity contribution in [3.05, 3.63) is 12.4 Å². The van der Waals surface area contributed by atoms with Crippen molar-refractivity contribution in [2.45, 2.75) is 38.6 Å². The molecule has 3 N–H and O–H groups in total. The molecule has 0 amide bonds. The molecule has 1 atom stereocenters. The zero-order valence-corrected chi connectivity index (χ0v) is 11.1. The highest BCUT2D eigenvalue weighted by molar-refractivity contribution is 5.68. The Morgan fingerprint density at radius 3 is 2.84 bits per heavy atom. The Hall–Kier alpha value is -1.85. The first-order chi connectivity index (χ1) is 9.13. The molecule has 1 aromatic heterocycles. The molecule has 0 saturated heterocycles. The van der Waals surface area contributed by atoms with Gasteiger partial charge in [0.15, 0.2) is 0 Å². The molecule has 0 spiro atoms. The molecule has 1 unspecified atom stereocenters. The van der Waals surface area contributed by atoms with Crippen LogP contribution in [0.15, 0.2) is 12.4 Å². The lowest BCUT2D eigenvalue weighted by molar-refractivity contribution is -0.137. The molecule has 6 nitrogen and oxygen atoms in total.